The van der Waals surface area contributed by atoms with Gasteiger partial charge < -0.3 is 5.32 Å². The highest BCUT2D eigenvalue weighted by Gasteiger charge is 2.03. The van der Waals surface area contributed by atoms with Crippen molar-refractivity contribution in [3.63, 3.8) is 0 Å². The number of H-pyrrole nitrogens is 1. The van der Waals surface area contributed by atoms with E-state index in [1.54, 1.807) is 6.20 Å². The van der Waals surface area contributed by atoms with Gasteiger partial charge in [-0.1, -0.05) is 12.1 Å². The summed E-state index contributed by atoms with van der Waals surface area (Å²) in [5.74, 6) is 2.37. The summed E-state index contributed by atoms with van der Waals surface area (Å²) in [6.07, 6.45) is 7.59. The average molecular weight is 239 g/mol. The number of nitrogens with one attached hydrogen (secondary N) is 2. The number of carbonyl (C=O) groups is 1. The lowest BCUT2D eigenvalue weighted by molar-refractivity contribution is -0.116. The quantitative estimate of drug-likeness (QED) is 0.805. The predicted molar refractivity (Wildman–Crippen MR) is 70.7 cm³/mol. The highest BCUT2D eigenvalue weighted by Crippen LogP contribution is 2.20. The minimum absolute atomic E-state index is 0.0743. The van der Waals surface area contributed by atoms with Gasteiger partial charge in [-0.15, -0.1) is 12.3 Å². The molecule has 0 fully saturated rings. The van der Waals surface area contributed by atoms with Crippen molar-refractivity contribution in [2.45, 2.75) is 12.8 Å². The summed E-state index contributed by atoms with van der Waals surface area (Å²) in [5.41, 5.74) is 2.64. The van der Waals surface area contributed by atoms with Crippen LogP contribution in [0.1, 0.15) is 12.8 Å². The number of anilines is 1. The molecule has 18 heavy (non-hydrogen) atoms. The molecule has 1 aromatic carbocycles. The lowest BCUT2D eigenvalue weighted by atomic mass is 10.1. The first-order valence-corrected chi connectivity index (χ1v) is 5.63. The van der Waals surface area contributed by atoms with E-state index in [1.807, 2.05) is 30.3 Å². The van der Waals surface area contributed by atoms with Crippen molar-refractivity contribution in [1.29, 1.82) is 0 Å². The van der Waals surface area contributed by atoms with Crippen LogP contribution in [0, 0.1) is 12.3 Å². The summed E-state index contributed by atoms with van der Waals surface area (Å²) in [6.45, 7) is 0. The Hall–Kier alpha value is -2.54. The molecule has 0 aliphatic carbocycles. The highest BCUT2D eigenvalue weighted by molar-refractivity contribution is 5.91. The van der Waals surface area contributed by atoms with E-state index in [0.29, 0.717) is 12.8 Å². The number of benzene rings is 1. The van der Waals surface area contributed by atoms with Crippen LogP contribution in [-0.4, -0.2) is 16.1 Å². The van der Waals surface area contributed by atoms with Crippen LogP contribution >= 0.6 is 0 Å². The number of nitrogens with zero attached hydrogens (tertiary/aromatic N) is 1. The molecule has 4 heteroatoms. The SMILES string of the molecule is C#CCCC(=O)Nc1cccc(-c2ccn[nH]2)c1. The van der Waals surface area contributed by atoms with Gasteiger partial charge in [0.05, 0.1) is 5.69 Å². The summed E-state index contributed by atoms with van der Waals surface area (Å²) in [6, 6.07) is 9.44. The van der Waals surface area contributed by atoms with E-state index >= 15 is 0 Å². The van der Waals surface area contributed by atoms with E-state index in [0.717, 1.165) is 16.9 Å². The van der Waals surface area contributed by atoms with Crippen LogP contribution in [0.25, 0.3) is 11.3 Å². The average Bonchev–Trinajstić information content (AvgIpc) is 2.90. The van der Waals surface area contributed by atoms with Crippen LogP contribution in [-0.2, 0) is 4.79 Å². The molecule has 0 aliphatic heterocycles. The number of aromatic nitrogens is 2. The third kappa shape index (κ3) is 2.98. The molecular weight excluding hydrogens is 226 g/mol. The Morgan fingerprint density at radius 2 is 2.33 bits per heavy atom. The van der Waals surface area contributed by atoms with Crippen molar-refractivity contribution in [3.05, 3.63) is 36.5 Å². The van der Waals surface area contributed by atoms with Crippen molar-refractivity contribution in [2.75, 3.05) is 5.32 Å². The lowest BCUT2D eigenvalue weighted by Gasteiger charge is -2.05. The fourth-order valence-corrected chi connectivity index (χ4v) is 1.59. The number of amides is 1. The summed E-state index contributed by atoms with van der Waals surface area (Å²) in [7, 11) is 0. The highest BCUT2D eigenvalue weighted by atomic mass is 16.1. The van der Waals surface area contributed by atoms with E-state index in [-0.39, 0.29) is 5.91 Å². The summed E-state index contributed by atoms with van der Waals surface area (Å²) < 4.78 is 0. The van der Waals surface area contributed by atoms with E-state index in [9.17, 15) is 4.79 Å². The van der Waals surface area contributed by atoms with Gasteiger partial charge in [0.15, 0.2) is 0 Å². The Balaban J connectivity index is 2.09. The van der Waals surface area contributed by atoms with Crippen LogP contribution < -0.4 is 5.32 Å². The second-order valence-corrected chi connectivity index (χ2v) is 3.80. The van der Waals surface area contributed by atoms with Gasteiger partial charge in [-0.05, 0) is 18.2 Å². The second-order valence-electron chi connectivity index (χ2n) is 3.80. The molecule has 1 aromatic heterocycles. The predicted octanol–water partition coefficient (Wildman–Crippen LogP) is 2.43. The minimum atomic E-state index is -0.0743. The maximum absolute atomic E-state index is 11.5. The molecule has 0 saturated carbocycles. The second kappa shape index (κ2) is 5.69. The topological polar surface area (TPSA) is 57.8 Å². The molecule has 4 nitrogen and oxygen atoms in total. The van der Waals surface area contributed by atoms with Gasteiger partial charge in [0.25, 0.3) is 0 Å². The molecule has 0 unspecified atom stereocenters. The molecule has 0 saturated heterocycles. The molecule has 0 bridgehead atoms. The molecule has 1 heterocycles. The third-order valence-electron chi connectivity index (χ3n) is 2.45. The Kier molecular flexibility index (Phi) is 3.77. The van der Waals surface area contributed by atoms with Gasteiger partial charge in [0.2, 0.25) is 5.91 Å². The van der Waals surface area contributed by atoms with Crippen LogP contribution in [0.2, 0.25) is 0 Å². The van der Waals surface area contributed by atoms with Gasteiger partial charge in [0.1, 0.15) is 0 Å². The number of aromatic amines is 1. The molecule has 2 aromatic rings. The van der Waals surface area contributed by atoms with E-state index < -0.39 is 0 Å². The fourth-order valence-electron chi connectivity index (χ4n) is 1.59. The standard InChI is InChI=1S/C14H13N3O/c1-2-3-7-14(18)16-12-6-4-5-11(10-12)13-8-9-15-17-13/h1,4-6,8-10H,3,7H2,(H,15,17)(H,16,18). The van der Waals surface area contributed by atoms with Crippen molar-refractivity contribution in [1.82, 2.24) is 10.2 Å². The largest absolute Gasteiger partial charge is 0.326 e. The third-order valence-corrected chi connectivity index (χ3v) is 2.45. The molecule has 1 amide bonds. The van der Waals surface area contributed by atoms with Gasteiger partial charge in [-0.25, -0.2) is 0 Å². The van der Waals surface area contributed by atoms with E-state index in [1.165, 1.54) is 0 Å². The maximum atomic E-state index is 11.5. The van der Waals surface area contributed by atoms with Crippen molar-refractivity contribution in [2.24, 2.45) is 0 Å². The summed E-state index contributed by atoms with van der Waals surface area (Å²) in [5, 5.41) is 9.58. The molecular formula is C14H13N3O. The van der Waals surface area contributed by atoms with Crippen LogP contribution in [0.3, 0.4) is 0 Å². The van der Waals surface area contributed by atoms with Gasteiger partial charge in [-0.2, -0.15) is 5.10 Å². The zero-order chi connectivity index (χ0) is 12.8. The van der Waals surface area contributed by atoms with Crippen LogP contribution in [0.5, 0.6) is 0 Å². The Morgan fingerprint density at radius 1 is 1.44 bits per heavy atom. The number of hydrogen-bond donors (Lipinski definition) is 2. The molecule has 90 valence electrons. The molecule has 0 aliphatic rings. The summed E-state index contributed by atoms with van der Waals surface area (Å²) >= 11 is 0. The first-order chi connectivity index (χ1) is 8.79. The van der Waals surface area contributed by atoms with Gasteiger partial charge >= 0.3 is 0 Å². The minimum Gasteiger partial charge on any atom is -0.326 e. The van der Waals surface area contributed by atoms with Gasteiger partial charge in [-0.3, -0.25) is 9.89 Å². The van der Waals surface area contributed by atoms with E-state index in [2.05, 4.69) is 21.4 Å². The molecule has 2 N–H and O–H groups in total. The zero-order valence-corrected chi connectivity index (χ0v) is 9.81. The Morgan fingerprint density at radius 3 is 3.06 bits per heavy atom. The number of terminal acetylenes is 1. The zero-order valence-electron chi connectivity index (χ0n) is 9.81. The van der Waals surface area contributed by atoms with Crippen molar-refractivity contribution >= 4 is 11.6 Å². The van der Waals surface area contributed by atoms with Crippen molar-refractivity contribution in [3.8, 4) is 23.6 Å². The van der Waals surface area contributed by atoms with Crippen molar-refractivity contribution < 1.29 is 4.79 Å². The number of hydrogen-bond acceptors (Lipinski definition) is 2. The molecule has 0 spiro atoms. The van der Waals surface area contributed by atoms with Crippen LogP contribution in [0.15, 0.2) is 36.5 Å². The molecule has 0 atom stereocenters. The number of carbonyl (C=O) groups excluding carboxylic acids is 1. The Bertz CT molecular complexity index is 567. The molecule has 2 rings (SSSR count). The fraction of sp³-hybridized carbons (Fsp3) is 0.143. The van der Waals surface area contributed by atoms with E-state index in [4.69, 9.17) is 6.42 Å². The monoisotopic (exact) mass is 239 g/mol. The van der Waals surface area contributed by atoms with Gasteiger partial charge in [0, 0.05) is 30.3 Å². The Labute approximate surface area is 105 Å². The number of rotatable bonds is 4. The normalized spacial score (nSPS) is 9.72. The summed E-state index contributed by atoms with van der Waals surface area (Å²) in [4.78, 5) is 11.5. The maximum Gasteiger partial charge on any atom is 0.225 e. The lowest BCUT2D eigenvalue weighted by Crippen LogP contribution is -2.10. The first-order valence-electron chi connectivity index (χ1n) is 5.63. The first kappa shape index (κ1) is 11.9. The van der Waals surface area contributed by atoms with Crippen LogP contribution in [0.4, 0.5) is 5.69 Å². The molecule has 0 radical (unpaired) electrons. The smallest absolute Gasteiger partial charge is 0.225 e.